The number of hydrogen-bond donors (Lipinski definition) is 1. The molecule has 1 aromatic carbocycles. The van der Waals surface area contributed by atoms with Gasteiger partial charge < -0.3 is 10.1 Å². The summed E-state index contributed by atoms with van der Waals surface area (Å²) in [6, 6.07) is 1.43. The standard InChI is InChI=1S/C14H19F3N2O4S/c1-23-9-3-7-18-12(20)6-8-19(24(2,21)22)11-5-4-10(15)13(16)14(11)17/h4-5H,3,6-9H2,1-2H3,(H,18,20). The van der Waals surface area contributed by atoms with Crippen molar-refractivity contribution in [2.45, 2.75) is 12.8 Å². The zero-order valence-corrected chi connectivity index (χ0v) is 14.1. The van der Waals surface area contributed by atoms with E-state index in [4.69, 9.17) is 4.74 Å². The lowest BCUT2D eigenvalue weighted by Gasteiger charge is -2.22. The molecule has 136 valence electrons. The number of halogens is 3. The SMILES string of the molecule is COCCCNC(=O)CCN(c1ccc(F)c(F)c1F)S(C)(=O)=O. The van der Waals surface area contributed by atoms with Gasteiger partial charge >= 0.3 is 0 Å². The predicted molar refractivity (Wildman–Crippen MR) is 82.6 cm³/mol. The van der Waals surface area contributed by atoms with Crippen molar-refractivity contribution in [2.24, 2.45) is 0 Å². The fourth-order valence-corrected chi connectivity index (χ4v) is 2.83. The van der Waals surface area contributed by atoms with Crippen molar-refractivity contribution >= 4 is 21.6 Å². The molecule has 0 radical (unpaired) electrons. The highest BCUT2D eigenvalue weighted by atomic mass is 32.2. The first-order chi connectivity index (χ1) is 11.2. The van der Waals surface area contributed by atoms with Gasteiger partial charge in [0.05, 0.1) is 11.9 Å². The van der Waals surface area contributed by atoms with E-state index >= 15 is 0 Å². The molecule has 1 rings (SSSR count). The second kappa shape index (κ2) is 8.88. The van der Waals surface area contributed by atoms with Crippen LogP contribution in [0, 0.1) is 17.5 Å². The summed E-state index contributed by atoms with van der Waals surface area (Å²) < 4.78 is 69.0. The number of carbonyl (C=O) groups is 1. The fourth-order valence-electron chi connectivity index (χ4n) is 1.91. The monoisotopic (exact) mass is 368 g/mol. The smallest absolute Gasteiger partial charge is 0.232 e. The Kier molecular flexibility index (Phi) is 7.49. The van der Waals surface area contributed by atoms with Gasteiger partial charge in [0.15, 0.2) is 17.5 Å². The molecule has 1 amide bonds. The third-order valence-electron chi connectivity index (χ3n) is 3.07. The van der Waals surface area contributed by atoms with Crippen LogP contribution in [0.5, 0.6) is 0 Å². The molecule has 0 saturated heterocycles. The van der Waals surface area contributed by atoms with E-state index in [-0.39, 0.29) is 6.42 Å². The maximum absolute atomic E-state index is 13.8. The molecule has 0 saturated carbocycles. The molecule has 10 heteroatoms. The summed E-state index contributed by atoms with van der Waals surface area (Å²) in [6.07, 6.45) is 1.10. The second-order valence-corrected chi connectivity index (χ2v) is 6.88. The van der Waals surface area contributed by atoms with E-state index in [0.717, 1.165) is 12.3 Å². The van der Waals surface area contributed by atoms with Crippen molar-refractivity contribution in [3.05, 3.63) is 29.6 Å². The van der Waals surface area contributed by atoms with Gasteiger partial charge in [-0.3, -0.25) is 9.10 Å². The number of nitrogens with zero attached hydrogens (tertiary/aromatic N) is 1. The topological polar surface area (TPSA) is 75.7 Å². The van der Waals surface area contributed by atoms with Crippen LogP contribution in [0.3, 0.4) is 0 Å². The van der Waals surface area contributed by atoms with E-state index in [1.54, 1.807) is 0 Å². The molecular formula is C14H19F3N2O4S. The lowest BCUT2D eigenvalue weighted by Crippen LogP contribution is -2.35. The van der Waals surface area contributed by atoms with Gasteiger partial charge in [-0.15, -0.1) is 0 Å². The van der Waals surface area contributed by atoms with Crippen LogP contribution in [0.2, 0.25) is 0 Å². The number of benzene rings is 1. The second-order valence-electron chi connectivity index (χ2n) is 4.98. The van der Waals surface area contributed by atoms with Crippen LogP contribution in [0.1, 0.15) is 12.8 Å². The van der Waals surface area contributed by atoms with Crippen LogP contribution in [-0.2, 0) is 19.6 Å². The molecule has 24 heavy (non-hydrogen) atoms. The van der Waals surface area contributed by atoms with Crippen molar-refractivity contribution in [1.29, 1.82) is 0 Å². The Labute approximate surface area is 138 Å². The van der Waals surface area contributed by atoms with Crippen LogP contribution in [0.25, 0.3) is 0 Å². The third-order valence-corrected chi connectivity index (χ3v) is 4.25. The van der Waals surface area contributed by atoms with E-state index in [2.05, 4.69) is 5.32 Å². The summed E-state index contributed by atoms with van der Waals surface area (Å²) in [6.45, 7) is 0.387. The Morgan fingerprint density at radius 2 is 1.92 bits per heavy atom. The Morgan fingerprint density at radius 3 is 2.50 bits per heavy atom. The van der Waals surface area contributed by atoms with Crippen LogP contribution < -0.4 is 9.62 Å². The van der Waals surface area contributed by atoms with E-state index in [0.29, 0.717) is 29.9 Å². The average molecular weight is 368 g/mol. The van der Waals surface area contributed by atoms with E-state index in [1.165, 1.54) is 7.11 Å². The lowest BCUT2D eigenvalue weighted by atomic mass is 10.2. The fraction of sp³-hybridized carbons (Fsp3) is 0.500. The minimum atomic E-state index is -3.99. The zero-order valence-electron chi connectivity index (χ0n) is 13.3. The van der Waals surface area contributed by atoms with Gasteiger partial charge in [0.1, 0.15) is 0 Å². The van der Waals surface area contributed by atoms with Crippen molar-refractivity contribution in [3.63, 3.8) is 0 Å². The first kappa shape index (κ1) is 20.2. The Hall–Kier alpha value is -1.81. The molecule has 0 aliphatic heterocycles. The van der Waals surface area contributed by atoms with Crippen molar-refractivity contribution < 1.29 is 31.1 Å². The van der Waals surface area contributed by atoms with E-state index < -0.39 is 45.6 Å². The summed E-state index contributed by atoms with van der Waals surface area (Å²) in [5.41, 5.74) is -0.649. The van der Waals surface area contributed by atoms with Gasteiger partial charge in [-0.2, -0.15) is 0 Å². The number of carbonyl (C=O) groups excluding carboxylic acids is 1. The largest absolute Gasteiger partial charge is 0.385 e. The number of ether oxygens (including phenoxy) is 1. The summed E-state index contributed by atoms with van der Waals surface area (Å²) in [5.74, 6) is -5.28. The highest BCUT2D eigenvalue weighted by Gasteiger charge is 2.25. The summed E-state index contributed by atoms with van der Waals surface area (Å²) >= 11 is 0. The predicted octanol–water partition coefficient (Wildman–Crippen LogP) is 1.41. The highest BCUT2D eigenvalue weighted by molar-refractivity contribution is 7.92. The molecule has 0 aliphatic rings. The summed E-state index contributed by atoms with van der Waals surface area (Å²) in [7, 11) is -2.47. The summed E-state index contributed by atoms with van der Waals surface area (Å²) in [4.78, 5) is 11.7. The Bertz CT molecular complexity index is 683. The Morgan fingerprint density at radius 1 is 1.25 bits per heavy atom. The van der Waals surface area contributed by atoms with Crippen LogP contribution in [0.15, 0.2) is 12.1 Å². The quantitative estimate of drug-likeness (QED) is 0.528. The molecular weight excluding hydrogens is 349 g/mol. The van der Waals surface area contributed by atoms with E-state index in [1.807, 2.05) is 0 Å². The zero-order chi connectivity index (χ0) is 18.3. The molecule has 0 heterocycles. The number of nitrogens with one attached hydrogen (secondary N) is 1. The highest BCUT2D eigenvalue weighted by Crippen LogP contribution is 2.25. The van der Waals surface area contributed by atoms with Crippen LogP contribution >= 0.6 is 0 Å². The number of anilines is 1. The maximum atomic E-state index is 13.8. The van der Waals surface area contributed by atoms with Gasteiger partial charge in [-0.25, -0.2) is 21.6 Å². The Balaban J connectivity index is 2.82. The molecule has 0 bridgehead atoms. The van der Waals surface area contributed by atoms with Gasteiger partial charge in [0.25, 0.3) is 0 Å². The first-order valence-electron chi connectivity index (χ1n) is 7.05. The number of rotatable bonds is 9. The molecule has 0 aromatic heterocycles. The van der Waals surface area contributed by atoms with Gasteiger partial charge in [-0.05, 0) is 18.6 Å². The van der Waals surface area contributed by atoms with Gasteiger partial charge in [0.2, 0.25) is 15.9 Å². The summed E-state index contributed by atoms with van der Waals surface area (Å²) in [5, 5.41) is 2.54. The van der Waals surface area contributed by atoms with Crippen molar-refractivity contribution in [3.8, 4) is 0 Å². The molecule has 0 unspecified atom stereocenters. The number of sulfonamides is 1. The molecule has 0 spiro atoms. The number of methoxy groups -OCH3 is 1. The van der Waals surface area contributed by atoms with Gasteiger partial charge in [0, 0.05) is 33.2 Å². The van der Waals surface area contributed by atoms with Crippen molar-refractivity contribution in [1.82, 2.24) is 5.32 Å². The molecule has 0 fully saturated rings. The van der Waals surface area contributed by atoms with Crippen LogP contribution in [0.4, 0.5) is 18.9 Å². The third kappa shape index (κ3) is 5.68. The maximum Gasteiger partial charge on any atom is 0.232 e. The minimum absolute atomic E-state index is 0.265. The molecule has 6 nitrogen and oxygen atoms in total. The van der Waals surface area contributed by atoms with Gasteiger partial charge in [-0.1, -0.05) is 0 Å². The number of amides is 1. The molecule has 0 atom stereocenters. The number of hydrogen-bond acceptors (Lipinski definition) is 4. The molecule has 1 aromatic rings. The average Bonchev–Trinajstić information content (AvgIpc) is 2.50. The normalized spacial score (nSPS) is 11.4. The minimum Gasteiger partial charge on any atom is -0.385 e. The molecule has 1 N–H and O–H groups in total. The van der Waals surface area contributed by atoms with Crippen LogP contribution in [-0.4, -0.2) is 47.4 Å². The lowest BCUT2D eigenvalue weighted by molar-refractivity contribution is -0.120. The van der Waals surface area contributed by atoms with E-state index in [9.17, 15) is 26.4 Å². The molecule has 0 aliphatic carbocycles. The van der Waals surface area contributed by atoms with Crippen molar-refractivity contribution in [2.75, 3.05) is 37.4 Å². The first-order valence-corrected chi connectivity index (χ1v) is 8.90.